The number of carbonyl (C=O) groups excluding carboxylic acids is 2. The Morgan fingerprint density at radius 3 is 2.71 bits per heavy atom. The molecule has 2 amide bonds. The monoisotopic (exact) mass is 354 g/mol. The number of hydrogen-bond acceptors (Lipinski definition) is 5. The molecule has 0 unspecified atom stereocenters. The molecule has 7 nitrogen and oxygen atoms in total. The highest BCUT2D eigenvalue weighted by Crippen LogP contribution is 2.29. The number of aryl methyl sites for hydroxylation is 1. The van der Waals surface area contributed by atoms with Gasteiger partial charge in [0.15, 0.2) is 0 Å². The van der Waals surface area contributed by atoms with Crippen LogP contribution in [-0.2, 0) is 19.6 Å². The molecule has 0 aromatic heterocycles. The van der Waals surface area contributed by atoms with Crippen molar-refractivity contribution in [2.45, 2.75) is 44.0 Å². The molecule has 0 bridgehead atoms. The number of hydrogen-bond donors (Lipinski definition) is 1. The Bertz CT molecular complexity index is 745. The minimum Gasteiger partial charge on any atom is -0.496 e. The normalized spacial score (nSPS) is 17.9. The summed E-state index contributed by atoms with van der Waals surface area (Å²) >= 11 is 0. The molecule has 1 aliphatic heterocycles. The average Bonchev–Trinajstić information content (AvgIpc) is 2.95. The maximum absolute atomic E-state index is 12.9. The molecule has 0 saturated carbocycles. The van der Waals surface area contributed by atoms with Gasteiger partial charge in [0.1, 0.15) is 11.8 Å². The quantitative estimate of drug-likeness (QED) is 0.829. The van der Waals surface area contributed by atoms with Crippen molar-refractivity contribution in [1.29, 1.82) is 0 Å². The van der Waals surface area contributed by atoms with Gasteiger partial charge in [0, 0.05) is 13.0 Å². The highest BCUT2D eigenvalue weighted by Gasteiger charge is 2.44. The minimum absolute atomic E-state index is 0.0238. The second-order valence-corrected chi connectivity index (χ2v) is 7.49. The number of benzene rings is 1. The van der Waals surface area contributed by atoms with Crippen LogP contribution in [0.4, 0.5) is 0 Å². The maximum atomic E-state index is 12.9. The number of amides is 2. The predicted octanol–water partition coefficient (Wildman–Crippen LogP) is 1.21. The van der Waals surface area contributed by atoms with Gasteiger partial charge in [-0.1, -0.05) is 6.92 Å². The van der Waals surface area contributed by atoms with Crippen LogP contribution >= 0.6 is 0 Å². The minimum atomic E-state index is -4.09. The predicted molar refractivity (Wildman–Crippen MR) is 88.1 cm³/mol. The van der Waals surface area contributed by atoms with Gasteiger partial charge in [-0.25, -0.2) is 12.7 Å². The van der Waals surface area contributed by atoms with E-state index >= 15 is 0 Å². The van der Waals surface area contributed by atoms with Crippen LogP contribution in [0.1, 0.15) is 31.7 Å². The molecule has 1 heterocycles. The lowest BCUT2D eigenvalue weighted by molar-refractivity contribution is -0.130. The Hall–Kier alpha value is -2.09. The SMILES string of the molecule is CCCNC(=O)[C@@H]1CCC(=O)N1S(=O)(=O)c1ccc(OC)c(C)c1. The second-order valence-electron chi connectivity index (χ2n) is 5.67. The molecule has 1 atom stereocenters. The zero-order chi connectivity index (χ0) is 17.9. The van der Waals surface area contributed by atoms with Crippen LogP contribution in [0, 0.1) is 6.92 Å². The van der Waals surface area contributed by atoms with Crippen molar-refractivity contribution in [1.82, 2.24) is 9.62 Å². The first kappa shape index (κ1) is 18.3. The molecule has 1 fully saturated rings. The molecular formula is C16H22N2O5S. The van der Waals surface area contributed by atoms with Gasteiger partial charge in [0.05, 0.1) is 12.0 Å². The highest BCUT2D eigenvalue weighted by atomic mass is 32.2. The maximum Gasteiger partial charge on any atom is 0.267 e. The molecule has 2 rings (SSSR count). The largest absolute Gasteiger partial charge is 0.496 e. The molecule has 1 saturated heterocycles. The van der Waals surface area contributed by atoms with E-state index in [4.69, 9.17) is 4.74 Å². The van der Waals surface area contributed by atoms with E-state index in [1.54, 1.807) is 6.92 Å². The van der Waals surface area contributed by atoms with Gasteiger partial charge in [-0.15, -0.1) is 0 Å². The Balaban J connectivity index is 2.36. The van der Waals surface area contributed by atoms with E-state index < -0.39 is 27.9 Å². The summed E-state index contributed by atoms with van der Waals surface area (Å²) in [6.07, 6.45) is 0.970. The molecule has 0 radical (unpaired) electrons. The summed E-state index contributed by atoms with van der Waals surface area (Å²) in [5, 5.41) is 2.66. The molecule has 0 aliphatic carbocycles. The summed E-state index contributed by atoms with van der Waals surface area (Å²) in [7, 11) is -2.59. The Kier molecular flexibility index (Phi) is 5.48. The smallest absolute Gasteiger partial charge is 0.267 e. The van der Waals surface area contributed by atoms with Crippen molar-refractivity contribution >= 4 is 21.8 Å². The summed E-state index contributed by atoms with van der Waals surface area (Å²) in [4.78, 5) is 24.3. The highest BCUT2D eigenvalue weighted by molar-refractivity contribution is 7.89. The molecular weight excluding hydrogens is 332 g/mol. The van der Waals surface area contributed by atoms with E-state index in [-0.39, 0.29) is 17.7 Å². The first-order valence-electron chi connectivity index (χ1n) is 7.82. The zero-order valence-corrected chi connectivity index (χ0v) is 14.9. The lowest BCUT2D eigenvalue weighted by Crippen LogP contribution is -2.47. The Morgan fingerprint density at radius 1 is 1.42 bits per heavy atom. The number of methoxy groups -OCH3 is 1. The van der Waals surface area contributed by atoms with Crippen LogP contribution in [0.15, 0.2) is 23.1 Å². The molecule has 1 aliphatic rings. The van der Waals surface area contributed by atoms with Gasteiger partial charge < -0.3 is 10.1 Å². The van der Waals surface area contributed by atoms with Crippen LogP contribution in [-0.4, -0.2) is 44.2 Å². The summed E-state index contributed by atoms with van der Waals surface area (Å²) in [5.74, 6) is -0.435. The number of nitrogens with one attached hydrogen (secondary N) is 1. The summed E-state index contributed by atoms with van der Waals surface area (Å²) in [6.45, 7) is 4.06. The fourth-order valence-corrected chi connectivity index (χ4v) is 4.38. The van der Waals surface area contributed by atoms with Gasteiger partial charge in [-0.05, 0) is 43.5 Å². The molecule has 0 spiro atoms. The van der Waals surface area contributed by atoms with E-state index in [0.29, 0.717) is 17.9 Å². The van der Waals surface area contributed by atoms with Gasteiger partial charge >= 0.3 is 0 Å². The van der Waals surface area contributed by atoms with Crippen molar-refractivity contribution < 1.29 is 22.7 Å². The van der Waals surface area contributed by atoms with Crippen LogP contribution in [0.25, 0.3) is 0 Å². The van der Waals surface area contributed by atoms with Crippen molar-refractivity contribution in [2.75, 3.05) is 13.7 Å². The van der Waals surface area contributed by atoms with Crippen LogP contribution in [0.5, 0.6) is 5.75 Å². The fraction of sp³-hybridized carbons (Fsp3) is 0.500. The van der Waals surface area contributed by atoms with Gasteiger partial charge in [0.2, 0.25) is 11.8 Å². The summed E-state index contributed by atoms with van der Waals surface area (Å²) in [5.41, 5.74) is 0.636. The van der Waals surface area contributed by atoms with Crippen molar-refractivity contribution in [3.8, 4) is 5.75 Å². The summed E-state index contributed by atoms with van der Waals surface area (Å²) < 4.78 is 31.6. The van der Waals surface area contributed by atoms with Crippen molar-refractivity contribution in [2.24, 2.45) is 0 Å². The van der Waals surface area contributed by atoms with Gasteiger partial charge in [-0.2, -0.15) is 0 Å². The van der Waals surface area contributed by atoms with E-state index in [1.165, 1.54) is 25.3 Å². The number of nitrogens with zero attached hydrogens (tertiary/aromatic N) is 1. The molecule has 1 N–H and O–H groups in total. The summed E-state index contributed by atoms with van der Waals surface area (Å²) in [6, 6.07) is 3.38. The number of ether oxygens (including phenoxy) is 1. The first-order valence-corrected chi connectivity index (χ1v) is 9.26. The van der Waals surface area contributed by atoms with Gasteiger partial charge in [-0.3, -0.25) is 9.59 Å². The molecule has 8 heteroatoms. The Labute approximate surface area is 142 Å². The second kappa shape index (κ2) is 7.21. The van der Waals surface area contributed by atoms with Crippen LogP contribution in [0.3, 0.4) is 0 Å². The van der Waals surface area contributed by atoms with E-state index in [9.17, 15) is 18.0 Å². The van der Waals surface area contributed by atoms with E-state index in [1.807, 2.05) is 6.92 Å². The third kappa shape index (κ3) is 3.38. The number of carbonyl (C=O) groups is 2. The average molecular weight is 354 g/mol. The van der Waals surface area contributed by atoms with Crippen LogP contribution in [0.2, 0.25) is 0 Å². The van der Waals surface area contributed by atoms with Crippen molar-refractivity contribution in [3.05, 3.63) is 23.8 Å². The van der Waals surface area contributed by atoms with Crippen molar-refractivity contribution in [3.63, 3.8) is 0 Å². The first-order chi connectivity index (χ1) is 11.3. The standard InChI is InChI=1S/C16H22N2O5S/c1-4-9-17-16(20)13-6-8-15(19)18(13)24(21,22)12-5-7-14(23-3)11(2)10-12/h5,7,10,13H,4,6,8-9H2,1-3H3,(H,17,20)/t13-/m0/s1. The molecule has 1 aromatic rings. The zero-order valence-electron chi connectivity index (χ0n) is 14.0. The Morgan fingerprint density at radius 2 is 2.12 bits per heavy atom. The lowest BCUT2D eigenvalue weighted by Gasteiger charge is -2.24. The van der Waals surface area contributed by atoms with E-state index in [0.717, 1.165) is 10.7 Å². The topological polar surface area (TPSA) is 92.8 Å². The number of sulfonamides is 1. The third-order valence-corrected chi connectivity index (χ3v) is 5.76. The van der Waals surface area contributed by atoms with Crippen LogP contribution < -0.4 is 10.1 Å². The molecule has 1 aromatic carbocycles. The number of rotatable bonds is 6. The lowest BCUT2D eigenvalue weighted by atomic mass is 10.2. The molecule has 132 valence electrons. The van der Waals surface area contributed by atoms with E-state index in [2.05, 4.69) is 5.32 Å². The third-order valence-electron chi connectivity index (χ3n) is 3.94. The fourth-order valence-electron chi connectivity index (χ4n) is 2.69. The van der Waals surface area contributed by atoms with Gasteiger partial charge in [0.25, 0.3) is 10.0 Å². The molecule has 24 heavy (non-hydrogen) atoms.